The van der Waals surface area contributed by atoms with Gasteiger partial charge in [0.15, 0.2) is 8.32 Å². The van der Waals surface area contributed by atoms with Crippen molar-refractivity contribution in [2.45, 2.75) is 116 Å². The van der Waals surface area contributed by atoms with Gasteiger partial charge in [0.1, 0.15) is 17.9 Å². The first-order valence-electron chi connectivity index (χ1n) is 14.1. The van der Waals surface area contributed by atoms with Gasteiger partial charge in [-0.15, -0.1) is 0 Å². The highest BCUT2D eigenvalue weighted by molar-refractivity contribution is 6.74. The molecule has 1 aromatic carbocycles. The summed E-state index contributed by atoms with van der Waals surface area (Å²) in [6, 6.07) is 8.68. The van der Waals surface area contributed by atoms with E-state index in [9.17, 15) is 14.4 Å². The number of rotatable bonds is 7. The molecule has 0 aromatic heterocycles. The molecule has 1 aromatic rings. The summed E-state index contributed by atoms with van der Waals surface area (Å²) in [7, 11) is -2.46. The normalized spacial score (nSPS) is 23.1. The van der Waals surface area contributed by atoms with E-state index in [4.69, 9.17) is 18.6 Å². The number of ether oxygens (including phenoxy) is 3. The Labute approximate surface area is 240 Å². The molecule has 3 rings (SSSR count). The zero-order valence-corrected chi connectivity index (χ0v) is 27.1. The van der Waals surface area contributed by atoms with E-state index in [1.165, 1.54) is 4.90 Å². The Bertz CT molecular complexity index is 1080. The third kappa shape index (κ3) is 7.06. The molecule has 40 heavy (non-hydrogen) atoms. The standard InChI is InChI=1S/C30H48N2O7Si/c1-20(25(33)31-22(18-36-26(31)34)17-21-15-13-12-14-16-21)24(39-40(10,11)29(5,6)7)23-19-37-30(8,9)32(23)27(35)38-28(2,3)4/h12-16,20,22-24H,17-19H2,1-11H3/t20-,22-,23-,24+/m1/s1. The van der Waals surface area contributed by atoms with Crippen LogP contribution in [0.3, 0.4) is 0 Å². The van der Waals surface area contributed by atoms with E-state index in [2.05, 4.69) is 33.9 Å². The summed E-state index contributed by atoms with van der Waals surface area (Å²) in [5, 5.41) is -0.165. The maximum atomic E-state index is 14.1. The first-order valence-corrected chi connectivity index (χ1v) is 17.0. The summed E-state index contributed by atoms with van der Waals surface area (Å²) in [4.78, 5) is 43.3. The van der Waals surface area contributed by atoms with E-state index >= 15 is 0 Å². The highest BCUT2D eigenvalue weighted by Gasteiger charge is 2.54. The Morgan fingerprint density at radius 2 is 1.68 bits per heavy atom. The topological polar surface area (TPSA) is 94.6 Å². The van der Waals surface area contributed by atoms with Crippen molar-refractivity contribution in [3.63, 3.8) is 0 Å². The minimum atomic E-state index is -2.46. The molecule has 0 radical (unpaired) electrons. The van der Waals surface area contributed by atoms with Gasteiger partial charge >= 0.3 is 12.2 Å². The van der Waals surface area contributed by atoms with Crippen LogP contribution in [0.15, 0.2) is 30.3 Å². The van der Waals surface area contributed by atoms with Crippen molar-refractivity contribution >= 4 is 26.4 Å². The van der Waals surface area contributed by atoms with Crippen molar-refractivity contribution in [2.24, 2.45) is 5.92 Å². The van der Waals surface area contributed by atoms with Crippen molar-refractivity contribution in [1.82, 2.24) is 9.80 Å². The summed E-state index contributed by atoms with van der Waals surface area (Å²) < 4.78 is 24.2. The van der Waals surface area contributed by atoms with E-state index in [0.29, 0.717) is 6.42 Å². The number of cyclic esters (lactones) is 1. The molecule has 2 aliphatic rings. The predicted octanol–water partition coefficient (Wildman–Crippen LogP) is 5.98. The van der Waals surface area contributed by atoms with Gasteiger partial charge in [0.25, 0.3) is 0 Å². The van der Waals surface area contributed by atoms with Crippen molar-refractivity contribution in [1.29, 1.82) is 0 Å². The van der Waals surface area contributed by atoms with Gasteiger partial charge in [-0.3, -0.25) is 9.69 Å². The Hall–Kier alpha value is -2.43. The number of benzene rings is 1. The first-order chi connectivity index (χ1) is 18.2. The maximum absolute atomic E-state index is 14.1. The molecule has 2 fully saturated rings. The molecule has 0 spiro atoms. The lowest BCUT2D eigenvalue weighted by molar-refractivity contribution is -0.137. The van der Waals surface area contributed by atoms with Gasteiger partial charge in [0.2, 0.25) is 5.91 Å². The number of amides is 3. The van der Waals surface area contributed by atoms with Crippen molar-refractivity contribution in [2.75, 3.05) is 13.2 Å². The molecule has 2 saturated heterocycles. The fraction of sp³-hybridized carbons (Fsp3) is 0.700. The summed E-state index contributed by atoms with van der Waals surface area (Å²) in [6.07, 6.45) is -1.45. The number of imide groups is 1. The van der Waals surface area contributed by atoms with Gasteiger partial charge in [-0.05, 0) is 64.7 Å². The Morgan fingerprint density at radius 3 is 2.23 bits per heavy atom. The average Bonchev–Trinajstić information content (AvgIpc) is 3.33. The lowest BCUT2D eigenvalue weighted by atomic mass is 9.94. The largest absolute Gasteiger partial charge is 0.447 e. The van der Waals surface area contributed by atoms with E-state index in [1.807, 2.05) is 51.1 Å². The molecule has 0 unspecified atom stereocenters. The second-order valence-electron chi connectivity index (χ2n) is 13.9. The van der Waals surface area contributed by atoms with Crippen molar-refractivity contribution < 1.29 is 33.0 Å². The van der Waals surface area contributed by atoms with E-state index in [0.717, 1.165) is 5.56 Å². The SMILES string of the molecule is C[C@@H](C(=O)N1C(=O)OC[C@H]1Cc1ccccc1)[C@H](O[Si](C)(C)C(C)(C)C)[C@H]1COC(C)(C)N1C(=O)OC(C)(C)C. The molecule has 0 aliphatic carbocycles. The molecule has 4 atom stereocenters. The van der Waals surface area contributed by atoms with Gasteiger partial charge in [-0.1, -0.05) is 58.0 Å². The molecule has 0 N–H and O–H groups in total. The summed E-state index contributed by atoms with van der Waals surface area (Å²) in [5.41, 5.74) is -0.693. The minimum Gasteiger partial charge on any atom is -0.447 e. The Balaban J connectivity index is 1.99. The maximum Gasteiger partial charge on any atom is 0.416 e. The molecule has 2 heterocycles. The number of hydrogen-bond acceptors (Lipinski definition) is 7. The molecule has 224 valence electrons. The summed E-state index contributed by atoms with van der Waals surface area (Å²) in [6.45, 7) is 21.7. The smallest absolute Gasteiger partial charge is 0.416 e. The number of hydrogen-bond donors (Lipinski definition) is 0. The zero-order chi connectivity index (χ0) is 30.3. The van der Waals surface area contributed by atoms with Crippen LogP contribution in [0.4, 0.5) is 9.59 Å². The summed E-state index contributed by atoms with van der Waals surface area (Å²) >= 11 is 0. The molecule has 2 aliphatic heterocycles. The van der Waals surface area contributed by atoms with Crippen LogP contribution < -0.4 is 0 Å². The van der Waals surface area contributed by atoms with Crippen LogP contribution in [0.25, 0.3) is 0 Å². The lowest BCUT2D eigenvalue weighted by Gasteiger charge is -2.45. The van der Waals surface area contributed by atoms with Gasteiger partial charge in [0, 0.05) is 0 Å². The average molecular weight is 577 g/mol. The fourth-order valence-electron chi connectivity index (χ4n) is 4.90. The van der Waals surface area contributed by atoms with Crippen LogP contribution in [-0.2, 0) is 29.9 Å². The van der Waals surface area contributed by atoms with Crippen molar-refractivity contribution in [3.05, 3.63) is 35.9 Å². The third-order valence-electron chi connectivity index (χ3n) is 8.12. The molecule has 0 bridgehead atoms. The Kier molecular flexibility index (Phi) is 9.18. The lowest BCUT2D eigenvalue weighted by Crippen LogP contribution is -2.60. The van der Waals surface area contributed by atoms with Crippen molar-refractivity contribution in [3.8, 4) is 0 Å². The number of nitrogens with zero attached hydrogens (tertiary/aromatic N) is 2. The van der Waals surface area contributed by atoms with E-state index < -0.39 is 55.9 Å². The summed E-state index contributed by atoms with van der Waals surface area (Å²) in [5.74, 6) is -1.16. The van der Waals surface area contributed by atoms with Crippen LogP contribution in [0.2, 0.25) is 18.1 Å². The van der Waals surface area contributed by atoms with Crippen LogP contribution in [0.5, 0.6) is 0 Å². The molecule has 0 saturated carbocycles. The van der Waals surface area contributed by atoms with Gasteiger partial charge in [0.05, 0.1) is 30.7 Å². The van der Waals surface area contributed by atoms with Gasteiger partial charge in [-0.25, -0.2) is 14.5 Å². The Morgan fingerprint density at radius 1 is 1.07 bits per heavy atom. The zero-order valence-electron chi connectivity index (χ0n) is 26.1. The molecule has 9 nitrogen and oxygen atoms in total. The first kappa shape index (κ1) is 32.1. The molecular formula is C30H48N2O7Si. The van der Waals surface area contributed by atoms with Crippen LogP contribution in [-0.4, -0.2) is 78.9 Å². The van der Waals surface area contributed by atoms with Crippen LogP contribution in [0, 0.1) is 5.92 Å². The highest BCUT2D eigenvalue weighted by Crippen LogP contribution is 2.41. The minimum absolute atomic E-state index is 0.129. The second kappa shape index (κ2) is 11.4. The van der Waals surface area contributed by atoms with E-state index in [-0.39, 0.29) is 24.2 Å². The van der Waals surface area contributed by atoms with Crippen LogP contribution >= 0.6 is 0 Å². The second-order valence-corrected chi connectivity index (χ2v) is 18.7. The van der Waals surface area contributed by atoms with E-state index in [1.54, 1.807) is 25.7 Å². The van der Waals surface area contributed by atoms with Gasteiger partial charge in [-0.2, -0.15) is 0 Å². The quantitative estimate of drug-likeness (QED) is 0.369. The highest BCUT2D eigenvalue weighted by atomic mass is 28.4. The monoisotopic (exact) mass is 576 g/mol. The molecule has 10 heteroatoms. The number of carbonyl (C=O) groups is 3. The molecular weight excluding hydrogens is 528 g/mol. The third-order valence-corrected chi connectivity index (χ3v) is 12.6. The number of carbonyl (C=O) groups excluding carboxylic acids is 3. The van der Waals surface area contributed by atoms with Gasteiger partial charge < -0.3 is 18.6 Å². The molecule has 3 amide bonds. The fourth-order valence-corrected chi connectivity index (χ4v) is 6.29. The van der Waals surface area contributed by atoms with Crippen LogP contribution in [0.1, 0.15) is 67.9 Å². The predicted molar refractivity (Wildman–Crippen MR) is 155 cm³/mol.